The summed E-state index contributed by atoms with van der Waals surface area (Å²) in [6.07, 6.45) is 2.61. The number of unbranched alkanes of at least 4 members (excludes halogenated alkanes) is 1. The van der Waals surface area contributed by atoms with Crippen LogP contribution in [0, 0.1) is 6.92 Å². The fraction of sp³-hybridized carbons (Fsp3) is 0.500. The lowest BCUT2D eigenvalue weighted by atomic mass is 10.1. The van der Waals surface area contributed by atoms with Gasteiger partial charge in [0.05, 0.1) is 0 Å². The Bertz CT molecular complexity index is 260. The second-order valence-corrected chi connectivity index (χ2v) is 4.58. The third kappa shape index (κ3) is 4.42. The van der Waals surface area contributed by atoms with E-state index in [0.717, 1.165) is 13.1 Å². The molecule has 0 aliphatic carbocycles. The Morgan fingerprint density at radius 1 is 1.21 bits per heavy atom. The molecule has 0 heterocycles. The topological polar surface area (TPSA) is 12.0 Å². The summed E-state index contributed by atoms with van der Waals surface area (Å²) in [5, 5.41) is 3.47. The van der Waals surface area contributed by atoms with E-state index < -0.39 is 0 Å². The minimum absolute atomic E-state index is 1.01. The Hall–Kier alpha value is -0.0900. The third-order valence-corrected chi connectivity index (χ3v) is 3.08. The van der Waals surface area contributed by atoms with Crippen LogP contribution in [-0.4, -0.2) is 11.0 Å². The molecule has 0 spiro atoms. The Labute approximate surface area is 100 Å². The predicted molar refractivity (Wildman–Crippen MR) is 71.0 cm³/mol. The van der Waals surface area contributed by atoms with Gasteiger partial charge in [-0.15, -0.1) is 0 Å². The van der Waals surface area contributed by atoms with Crippen molar-refractivity contribution < 1.29 is 0 Å². The van der Waals surface area contributed by atoms with Crippen LogP contribution in [0.1, 0.15) is 24.0 Å². The van der Waals surface area contributed by atoms with E-state index in [1.807, 2.05) is 0 Å². The molecule has 0 radical (unpaired) electrons. The molecule has 1 rings (SSSR count). The first-order valence-corrected chi connectivity index (χ1v) is 6.68. The standard InChI is InChI=1S/C12H18IN/c1-11-6-2-3-7-12(11)10-14-9-5-4-8-13/h2-3,6-7,14H,4-5,8-10H2,1H3. The molecule has 1 aromatic rings. The van der Waals surface area contributed by atoms with Gasteiger partial charge in [0.25, 0.3) is 0 Å². The minimum Gasteiger partial charge on any atom is -0.313 e. The first-order valence-electron chi connectivity index (χ1n) is 5.16. The molecule has 0 bridgehead atoms. The molecule has 0 aliphatic heterocycles. The largest absolute Gasteiger partial charge is 0.313 e. The van der Waals surface area contributed by atoms with Gasteiger partial charge in [-0.1, -0.05) is 46.9 Å². The molecular formula is C12H18IN. The number of benzene rings is 1. The van der Waals surface area contributed by atoms with Crippen LogP contribution in [0.5, 0.6) is 0 Å². The Morgan fingerprint density at radius 3 is 2.71 bits per heavy atom. The van der Waals surface area contributed by atoms with E-state index in [-0.39, 0.29) is 0 Å². The monoisotopic (exact) mass is 303 g/mol. The van der Waals surface area contributed by atoms with E-state index in [2.05, 4.69) is 59.1 Å². The molecule has 0 fully saturated rings. The van der Waals surface area contributed by atoms with Gasteiger partial charge in [-0.25, -0.2) is 0 Å². The summed E-state index contributed by atoms with van der Waals surface area (Å²) in [5.74, 6) is 0. The zero-order chi connectivity index (χ0) is 10.2. The summed E-state index contributed by atoms with van der Waals surface area (Å²) in [6, 6.07) is 8.56. The van der Waals surface area contributed by atoms with Crippen molar-refractivity contribution in [3.63, 3.8) is 0 Å². The van der Waals surface area contributed by atoms with Crippen LogP contribution < -0.4 is 5.32 Å². The number of halogens is 1. The van der Waals surface area contributed by atoms with Crippen molar-refractivity contribution in [2.24, 2.45) is 0 Å². The Balaban J connectivity index is 2.21. The number of nitrogens with one attached hydrogen (secondary N) is 1. The fourth-order valence-electron chi connectivity index (χ4n) is 1.38. The lowest BCUT2D eigenvalue weighted by Crippen LogP contribution is -2.15. The molecule has 0 aliphatic rings. The maximum atomic E-state index is 3.47. The quantitative estimate of drug-likeness (QED) is 0.483. The van der Waals surface area contributed by atoms with Gasteiger partial charge in [0.2, 0.25) is 0 Å². The number of aryl methyl sites for hydroxylation is 1. The molecule has 0 aromatic heterocycles. The maximum absolute atomic E-state index is 3.47. The molecule has 0 saturated carbocycles. The molecule has 0 atom stereocenters. The van der Waals surface area contributed by atoms with Gasteiger partial charge in [0, 0.05) is 6.54 Å². The van der Waals surface area contributed by atoms with Gasteiger partial charge in [0.15, 0.2) is 0 Å². The van der Waals surface area contributed by atoms with E-state index in [1.165, 1.54) is 28.4 Å². The fourth-order valence-corrected chi connectivity index (χ4v) is 1.92. The van der Waals surface area contributed by atoms with Crippen LogP contribution in [0.2, 0.25) is 0 Å². The van der Waals surface area contributed by atoms with Crippen LogP contribution in [0.15, 0.2) is 24.3 Å². The third-order valence-electron chi connectivity index (χ3n) is 2.31. The van der Waals surface area contributed by atoms with Crippen LogP contribution in [0.4, 0.5) is 0 Å². The van der Waals surface area contributed by atoms with Gasteiger partial charge in [0.1, 0.15) is 0 Å². The van der Waals surface area contributed by atoms with Crippen molar-refractivity contribution in [3.05, 3.63) is 35.4 Å². The van der Waals surface area contributed by atoms with Crippen LogP contribution in [0.3, 0.4) is 0 Å². The lowest BCUT2D eigenvalue weighted by Gasteiger charge is -2.06. The first-order chi connectivity index (χ1) is 6.84. The van der Waals surface area contributed by atoms with E-state index in [0.29, 0.717) is 0 Å². The second-order valence-electron chi connectivity index (χ2n) is 3.50. The SMILES string of the molecule is Cc1ccccc1CNCCCCI. The lowest BCUT2D eigenvalue weighted by molar-refractivity contribution is 0.644. The number of hydrogen-bond acceptors (Lipinski definition) is 1. The first kappa shape index (κ1) is 12.0. The number of hydrogen-bond donors (Lipinski definition) is 1. The summed E-state index contributed by atoms with van der Waals surface area (Å²) in [5.41, 5.74) is 2.80. The zero-order valence-electron chi connectivity index (χ0n) is 8.72. The van der Waals surface area contributed by atoms with Gasteiger partial charge in [-0.3, -0.25) is 0 Å². The summed E-state index contributed by atoms with van der Waals surface area (Å²) >= 11 is 2.43. The summed E-state index contributed by atoms with van der Waals surface area (Å²) < 4.78 is 1.27. The maximum Gasteiger partial charge on any atom is 0.0208 e. The van der Waals surface area contributed by atoms with Crippen molar-refractivity contribution in [3.8, 4) is 0 Å². The van der Waals surface area contributed by atoms with E-state index in [4.69, 9.17) is 0 Å². The molecule has 78 valence electrons. The van der Waals surface area contributed by atoms with E-state index >= 15 is 0 Å². The predicted octanol–water partition coefficient (Wildman–Crippen LogP) is 3.30. The molecule has 1 N–H and O–H groups in total. The molecule has 1 nitrogen and oxygen atoms in total. The van der Waals surface area contributed by atoms with Crippen molar-refractivity contribution >= 4 is 22.6 Å². The van der Waals surface area contributed by atoms with Crippen molar-refractivity contribution in [1.82, 2.24) is 5.32 Å². The highest BCUT2D eigenvalue weighted by Gasteiger charge is 1.95. The van der Waals surface area contributed by atoms with E-state index in [1.54, 1.807) is 0 Å². The number of alkyl halides is 1. The second kappa shape index (κ2) is 7.23. The van der Waals surface area contributed by atoms with Crippen molar-refractivity contribution in [2.45, 2.75) is 26.3 Å². The van der Waals surface area contributed by atoms with Gasteiger partial charge in [-0.2, -0.15) is 0 Å². The van der Waals surface area contributed by atoms with Crippen molar-refractivity contribution in [1.29, 1.82) is 0 Å². The average molecular weight is 303 g/mol. The van der Waals surface area contributed by atoms with E-state index in [9.17, 15) is 0 Å². The highest BCUT2D eigenvalue weighted by molar-refractivity contribution is 14.1. The van der Waals surface area contributed by atoms with Gasteiger partial charge >= 0.3 is 0 Å². The highest BCUT2D eigenvalue weighted by Crippen LogP contribution is 2.06. The Morgan fingerprint density at radius 2 is 2.00 bits per heavy atom. The summed E-state index contributed by atoms with van der Waals surface area (Å²) in [6.45, 7) is 4.31. The zero-order valence-corrected chi connectivity index (χ0v) is 10.9. The molecule has 1 aromatic carbocycles. The molecule has 0 unspecified atom stereocenters. The Kier molecular flexibility index (Phi) is 6.19. The summed E-state index contributed by atoms with van der Waals surface area (Å²) in [7, 11) is 0. The minimum atomic E-state index is 1.01. The highest BCUT2D eigenvalue weighted by atomic mass is 127. The molecule has 14 heavy (non-hydrogen) atoms. The smallest absolute Gasteiger partial charge is 0.0208 e. The molecule has 0 saturated heterocycles. The van der Waals surface area contributed by atoms with Crippen LogP contribution >= 0.6 is 22.6 Å². The van der Waals surface area contributed by atoms with Gasteiger partial charge < -0.3 is 5.32 Å². The van der Waals surface area contributed by atoms with Crippen LogP contribution in [0.25, 0.3) is 0 Å². The molecular weight excluding hydrogens is 285 g/mol. The van der Waals surface area contributed by atoms with Gasteiger partial charge in [-0.05, 0) is 41.9 Å². The average Bonchev–Trinajstić information content (AvgIpc) is 2.20. The number of rotatable bonds is 6. The normalized spacial score (nSPS) is 10.4. The molecule has 2 heteroatoms. The molecule has 0 amide bonds. The van der Waals surface area contributed by atoms with Crippen LogP contribution in [-0.2, 0) is 6.54 Å². The van der Waals surface area contributed by atoms with Crippen molar-refractivity contribution in [2.75, 3.05) is 11.0 Å². The summed E-state index contributed by atoms with van der Waals surface area (Å²) in [4.78, 5) is 0.